The summed E-state index contributed by atoms with van der Waals surface area (Å²) in [7, 11) is 0. The van der Waals surface area contributed by atoms with Gasteiger partial charge in [0.05, 0.1) is 5.69 Å². The fourth-order valence-corrected chi connectivity index (χ4v) is 7.40. The first kappa shape index (κ1) is 19.1. The number of hydrogen-bond acceptors (Lipinski definition) is 1. The number of hydrogen-bond donors (Lipinski definition) is 0. The van der Waals surface area contributed by atoms with Gasteiger partial charge < -0.3 is 4.57 Å². The lowest BCUT2D eigenvalue weighted by atomic mass is 9.48. The molecule has 0 amide bonds. The maximum Gasteiger partial charge on any atom is 0.0630 e. The van der Waals surface area contributed by atoms with E-state index in [1.165, 1.54) is 61.2 Å². The Morgan fingerprint density at radius 2 is 1.45 bits per heavy atom. The molecule has 31 heavy (non-hydrogen) atoms. The number of rotatable bonds is 4. The quantitative estimate of drug-likeness (QED) is 0.403. The van der Waals surface area contributed by atoms with E-state index in [1.807, 2.05) is 6.21 Å². The number of aliphatic imine (C=N–C) groups is 1. The standard InChI is InChI=1S/C29H32N2/c1-20-12-25(21(2)31(20)28-6-4-3-5-7-28)19-30-27-10-8-26(9-11-27)29-16-22-13-23(17-29)15-24(14-22)18-29/h3-12,19,22-24H,13-18H2,1-2H3. The van der Waals surface area contributed by atoms with E-state index in [-0.39, 0.29) is 0 Å². The van der Waals surface area contributed by atoms with Gasteiger partial charge in [0.2, 0.25) is 0 Å². The lowest BCUT2D eigenvalue weighted by molar-refractivity contribution is -0.00518. The van der Waals surface area contributed by atoms with Crippen LogP contribution in [0.3, 0.4) is 0 Å². The van der Waals surface area contributed by atoms with Crippen molar-refractivity contribution < 1.29 is 0 Å². The fraction of sp³-hybridized carbons (Fsp3) is 0.414. The molecule has 0 radical (unpaired) electrons. The van der Waals surface area contributed by atoms with Crippen molar-refractivity contribution in [2.24, 2.45) is 22.7 Å². The lowest BCUT2D eigenvalue weighted by Crippen LogP contribution is -2.48. The van der Waals surface area contributed by atoms with Crippen LogP contribution in [-0.4, -0.2) is 10.8 Å². The molecule has 1 aromatic heterocycles. The van der Waals surface area contributed by atoms with E-state index < -0.39 is 0 Å². The van der Waals surface area contributed by atoms with Crippen LogP contribution in [0.2, 0.25) is 0 Å². The van der Waals surface area contributed by atoms with Crippen LogP contribution in [0.25, 0.3) is 5.69 Å². The molecule has 3 aromatic rings. The van der Waals surface area contributed by atoms with E-state index in [1.54, 1.807) is 5.56 Å². The van der Waals surface area contributed by atoms with Crippen LogP contribution >= 0.6 is 0 Å². The Balaban J connectivity index is 1.24. The van der Waals surface area contributed by atoms with Gasteiger partial charge in [-0.25, -0.2) is 0 Å². The Bertz CT molecular complexity index is 1080. The zero-order valence-corrected chi connectivity index (χ0v) is 18.7. The van der Waals surface area contributed by atoms with Crippen LogP contribution in [-0.2, 0) is 5.41 Å². The summed E-state index contributed by atoms with van der Waals surface area (Å²) < 4.78 is 2.30. The van der Waals surface area contributed by atoms with Gasteiger partial charge in [0, 0.05) is 28.9 Å². The maximum atomic E-state index is 4.83. The van der Waals surface area contributed by atoms with Crippen LogP contribution in [0, 0.1) is 31.6 Å². The molecule has 7 rings (SSSR count). The molecule has 4 fully saturated rings. The summed E-state index contributed by atoms with van der Waals surface area (Å²) in [5.41, 5.74) is 7.96. The highest BCUT2D eigenvalue weighted by molar-refractivity contribution is 5.84. The maximum absolute atomic E-state index is 4.83. The molecule has 4 aliphatic rings. The van der Waals surface area contributed by atoms with Crippen LogP contribution in [0.1, 0.15) is 61.0 Å². The summed E-state index contributed by atoms with van der Waals surface area (Å²) in [5, 5.41) is 0. The van der Waals surface area contributed by atoms with Crippen molar-refractivity contribution in [1.82, 2.24) is 4.57 Å². The lowest BCUT2D eigenvalue weighted by Gasteiger charge is -2.57. The molecule has 2 aromatic carbocycles. The van der Waals surface area contributed by atoms with Gasteiger partial charge in [0.25, 0.3) is 0 Å². The molecular weight excluding hydrogens is 376 g/mol. The Kier molecular flexibility index (Phi) is 4.45. The van der Waals surface area contributed by atoms with E-state index in [0.717, 1.165) is 23.4 Å². The fourth-order valence-electron chi connectivity index (χ4n) is 7.40. The van der Waals surface area contributed by atoms with E-state index >= 15 is 0 Å². The highest BCUT2D eigenvalue weighted by Gasteiger charge is 2.51. The van der Waals surface area contributed by atoms with Gasteiger partial charge in [0.15, 0.2) is 0 Å². The van der Waals surface area contributed by atoms with Crippen LogP contribution < -0.4 is 0 Å². The van der Waals surface area contributed by atoms with Crippen molar-refractivity contribution in [3.05, 3.63) is 83.2 Å². The van der Waals surface area contributed by atoms with Crippen LogP contribution in [0.15, 0.2) is 65.7 Å². The number of benzene rings is 2. The molecule has 1 heterocycles. The Morgan fingerprint density at radius 3 is 2.06 bits per heavy atom. The minimum atomic E-state index is 0.470. The van der Waals surface area contributed by atoms with Gasteiger partial charge in [-0.05, 0) is 111 Å². The van der Waals surface area contributed by atoms with Crippen molar-refractivity contribution in [3.8, 4) is 5.69 Å². The van der Waals surface area contributed by atoms with Gasteiger partial charge in [-0.3, -0.25) is 4.99 Å². The summed E-state index contributed by atoms with van der Waals surface area (Å²) in [6.45, 7) is 4.34. The molecule has 158 valence electrons. The van der Waals surface area contributed by atoms with Gasteiger partial charge >= 0.3 is 0 Å². The van der Waals surface area contributed by atoms with E-state index in [2.05, 4.69) is 79.1 Å². The number of aromatic nitrogens is 1. The molecular formula is C29H32N2. The van der Waals surface area contributed by atoms with Crippen molar-refractivity contribution in [1.29, 1.82) is 0 Å². The third kappa shape index (κ3) is 3.28. The molecule has 0 unspecified atom stereocenters. The van der Waals surface area contributed by atoms with E-state index in [4.69, 9.17) is 4.99 Å². The normalized spacial score (nSPS) is 29.2. The van der Waals surface area contributed by atoms with Crippen LogP contribution in [0.4, 0.5) is 5.69 Å². The summed E-state index contributed by atoms with van der Waals surface area (Å²) in [4.78, 5) is 4.83. The Morgan fingerprint density at radius 1 is 0.839 bits per heavy atom. The third-order valence-electron chi connectivity index (χ3n) is 8.36. The summed E-state index contributed by atoms with van der Waals surface area (Å²) in [5.74, 6) is 2.97. The predicted octanol–water partition coefficient (Wildman–Crippen LogP) is 7.31. The van der Waals surface area contributed by atoms with Crippen molar-refractivity contribution >= 4 is 11.9 Å². The average molecular weight is 409 g/mol. The molecule has 2 heteroatoms. The van der Waals surface area contributed by atoms with Crippen molar-refractivity contribution in [2.45, 2.75) is 57.8 Å². The number of aryl methyl sites for hydroxylation is 1. The predicted molar refractivity (Wildman–Crippen MR) is 129 cm³/mol. The largest absolute Gasteiger partial charge is 0.318 e. The van der Waals surface area contributed by atoms with Gasteiger partial charge in [-0.2, -0.15) is 0 Å². The van der Waals surface area contributed by atoms with Crippen LogP contribution in [0.5, 0.6) is 0 Å². The highest BCUT2D eigenvalue weighted by atomic mass is 15.0. The van der Waals surface area contributed by atoms with Gasteiger partial charge in [0.1, 0.15) is 0 Å². The van der Waals surface area contributed by atoms with Crippen molar-refractivity contribution in [3.63, 3.8) is 0 Å². The van der Waals surface area contributed by atoms with Crippen molar-refractivity contribution in [2.75, 3.05) is 0 Å². The first-order valence-corrected chi connectivity index (χ1v) is 12.0. The molecule has 0 spiro atoms. The second kappa shape index (κ2) is 7.22. The average Bonchev–Trinajstić information content (AvgIpc) is 3.05. The first-order valence-electron chi connectivity index (χ1n) is 12.0. The summed E-state index contributed by atoms with van der Waals surface area (Å²) >= 11 is 0. The zero-order chi connectivity index (χ0) is 21.0. The topological polar surface area (TPSA) is 17.3 Å². The van der Waals surface area contributed by atoms with Gasteiger partial charge in [-0.15, -0.1) is 0 Å². The third-order valence-corrected chi connectivity index (χ3v) is 8.36. The summed E-state index contributed by atoms with van der Waals surface area (Å²) in [6, 6.07) is 22.0. The Hall–Kier alpha value is -2.61. The van der Waals surface area contributed by atoms with Gasteiger partial charge in [-0.1, -0.05) is 30.3 Å². The second-order valence-corrected chi connectivity index (χ2v) is 10.5. The Labute approximate surface area is 186 Å². The SMILES string of the molecule is Cc1cc(C=Nc2ccc(C34CC5CC(CC(C5)C3)C4)cc2)c(C)n1-c1ccccc1. The smallest absolute Gasteiger partial charge is 0.0630 e. The summed E-state index contributed by atoms with van der Waals surface area (Å²) in [6.07, 6.45) is 10.8. The molecule has 4 aliphatic carbocycles. The first-order chi connectivity index (χ1) is 15.1. The minimum absolute atomic E-state index is 0.470. The molecule has 0 atom stereocenters. The minimum Gasteiger partial charge on any atom is -0.318 e. The monoisotopic (exact) mass is 408 g/mol. The number of nitrogens with zero attached hydrogens (tertiary/aromatic N) is 2. The zero-order valence-electron chi connectivity index (χ0n) is 18.7. The molecule has 0 N–H and O–H groups in total. The molecule has 4 saturated carbocycles. The second-order valence-electron chi connectivity index (χ2n) is 10.5. The molecule has 4 bridgehead atoms. The molecule has 0 saturated heterocycles. The number of para-hydroxylation sites is 1. The van der Waals surface area contributed by atoms with E-state index in [0.29, 0.717) is 5.41 Å². The molecule has 0 aliphatic heterocycles. The highest BCUT2D eigenvalue weighted by Crippen LogP contribution is 2.60. The molecule has 2 nitrogen and oxygen atoms in total. The van der Waals surface area contributed by atoms with E-state index in [9.17, 15) is 0 Å².